The van der Waals surface area contributed by atoms with Gasteiger partial charge in [-0.15, -0.1) is 0 Å². The molecular formula is C12H19NO2. The number of methoxy groups -OCH3 is 1. The van der Waals surface area contributed by atoms with E-state index in [1.807, 2.05) is 26.0 Å². The second-order valence-electron chi connectivity index (χ2n) is 4.21. The van der Waals surface area contributed by atoms with E-state index in [9.17, 15) is 5.11 Å². The fourth-order valence-corrected chi connectivity index (χ4v) is 1.49. The van der Waals surface area contributed by atoms with Crippen molar-refractivity contribution in [2.45, 2.75) is 26.3 Å². The second-order valence-corrected chi connectivity index (χ2v) is 4.21. The molecule has 0 amide bonds. The first-order valence-electron chi connectivity index (χ1n) is 4.98. The zero-order valence-electron chi connectivity index (χ0n) is 9.79. The van der Waals surface area contributed by atoms with Crippen molar-refractivity contribution in [3.8, 4) is 5.75 Å². The van der Waals surface area contributed by atoms with Gasteiger partial charge in [-0.05, 0) is 38.0 Å². The van der Waals surface area contributed by atoms with Crippen LogP contribution in [0.15, 0.2) is 12.1 Å². The Morgan fingerprint density at radius 2 is 1.87 bits per heavy atom. The van der Waals surface area contributed by atoms with E-state index in [1.54, 1.807) is 14.0 Å². The lowest BCUT2D eigenvalue weighted by atomic mass is 9.90. The van der Waals surface area contributed by atoms with Crippen molar-refractivity contribution in [1.82, 2.24) is 0 Å². The predicted octanol–water partition coefficient (Wildman–Crippen LogP) is 1.48. The maximum atomic E-state index is 9.25. The average molecular weight is 209 g/mol. The van der Waals surface area contributed by atoms with Gasteiger partial charge in [0.25, 0.3) is 0 Å². The smallest absolute Gasteiger partial charge is 0.124 e. The van der Waals surface area contributed by atoms with Crippen LogP contribution < -0.4 is 10.5 Å². The van der Waals surface area contributed by atoms with Crippen LogP contribution in [0.4, 0.5) is 0 Å². The Morgan fingerprint density at radius 3 is 2.33 bits per heavy atom. The first kappa shape index (κ1) is 12.0. The summed E-state index contributed by atoms with van der Waals surface area (Å²) in [6, 6.07) is 3.93. The van der Waals surface area contributed by atoms with Crippen LogP contribution in [-0.2, 0) is 5.54 Å². The molecule has 0 spiro atoms. The van der Waals surface area contributed by atoms with Gasteiger partial charge >= 0.3 is 0 Å². The molecule has 0 fully saturated rings. The van der Waals surface area contributed by atoms with E-state index in [1.165, 1.54) is 0 Å². The number of aliphatic hydroxyl groups is 1. The van der Waals surface area contributed by atoms with Crippen molar-refractivity contribution < 1.29 is 9.84 Å². The van der Waals surface area contributed by atoms with Crippen LogP contribution in [0, 0.1) is 13.8 Å². The summed E-state index contributed by atoms with van der Waals surface area (Å²) in [6.07, 6.45) is 0. The van der Waals surface area contributed by atoms with Crippen molar-refractivity contribution in [3.05, 3.63) is 28.8 Å². The van der Waals surface area contributed by atoms with E-state index in [-0.39, 0.29) is 6.61 Å². The SMILES string of the molecule is COc1cc(C)c(C)cc1C(C)(N)CO. The Morgan fingerprint density at radius 1 is 1.33 bits per heavy atom. The van der Waals surface area contributed by atoms with E-state index in [0.717, 1.165) is 22.4 Å². The summed E-state index contributed by atoms with van der Waals surface area (Å²) in [6.45, 7) is 5.73. The van der Waals surface area contributed by atoms with Gasteiger partial charge in [0.1, 0.15) is 5.75 Å². The van der Waals surface area contributed by atoms with Crippen LogP contribution in [0.25, 0.3) is 0 Å². The van der Waals surface area contributed by atoms with Crippen molar-refractivity contribution in [2.24, 2.45) is 5.73 Å². The van der Waals surface area contributed by atoms with Gasteiger partial charge in [-0.2, -0.15) is 0 Å². The zero-order chi connectivity index (χ0) is 11.6. The van der Waals surface area contributed by atoms with Crippen LogP contribution in [0.2, 0.25) is 0 Å². The van der Waals surface area contributed by atoms with Crippen LogP contribution in [0.3, 0.4) is 0 Å². The van der Waals surface area contributed by atoms with Gasteiger partial charge in [0.05, 0.1) is 19.3 Å². The molecule has 0 radical (unpaired) electrons. The third-order valence-corrected chi connectivity index (χ3v) is 2.76. The zero-order valence-corrected chi connectivity index (χ0v) is 9.79. The number of benzene rings is 1. The van der Waals surface area contributed by atoms with Gasteiger partial charge in [0, 0.05) is 5.56 Å². The predicted molar refractivity (Wildman–Crippen MR) is 61.1 cm³/mol. The lowest BCUT2D eigenvalue weighted by molar-refractivity contribution is 0.206. The molecule has 3 N–H and O–H groups in total. The molecule has 3 nitrogen and oxygen atoms in total. The molecule has 0 aromatic heterocycles. The molecule has 0 saturated heterocycles. The van der Waals surface area contributed by atoms with Gasteiger partial charge in [0.15, 0.2) is 0 Å². The standard InChI is InChI=1S/C12H19NO2/c1-8-5-10(12(3,13)7-14)11(15-4)6-9(8)2/h5-6,14H,7,13H2,1-4H3. The number of hydrogen-bond donors (Lipinski definition) is 2. The molecule has 1 atom stereocenters. The Labute approximate surface area is 90.9 Å². The molecule has 1 unspecified atom stereocenters. The van der Waals surface area contributed by atoms with E-state index < -0.39 is 5.54 Å². The maximum absolute atomic E-state index is 9.25. The minimum Gasteiger partial charge on any atom is -0.496 e. The van der Waals surface area contributed by atoms with Crippen LogP contribution in [0.1, 0.15) is 23.6 Å². The molecule has 0 aliphatic carbocycles. The normalized spacial score (nSPS) is 14.8. The van der Waals surface area contributed by atoms with Gasteiger partial charge < -0.3 is 15.6 Å². The Kier molecular flexibility index (Phi) is 3.37. The minimum absolute atomic E-state index is 0.105. The lowest BCUT2D eigenvalue weighted by Gasteiger charge is -2.25. The summed E-state index contributed by atoms with van der Waals surface area (Å²) in [5.41, 5.74) is 8.39. The van der Waals surface area contributed by atoms with Gasteiger partial charge in [-0.25, -0.2) is 0 Å². The van der Waals surface area contributed by atoms with Crippen LogP contribution in [-0.4, -0.2) is 18.8 Å². The van der Waals surface area contributed by atoms with E-state index >= 15 is 0 Å². The summed E-state index contributed by atoms with van der Waals surface area (Å²) in [7, 11) is 1.61. The minimum atomic E-state index is -0.760. The third-order valence-electron chi connectivity index (χ3n) is 2.76. The largest absolute Gasteiger partial charge is 0.496 e. The average Bonchev–Trinajstić information content (AvgIpc) is 2.21. The van der Waals surface area contributed by atoms with Crippen LogP contribution in [0.5, 0.6) is 5.75 Å². The van der Waals surface area contributed by atoms with E-state index in [4.69, 9.17) is 10.5 Å². The lowest BCUT2D eigenvalue weighted by Crippen LogP contribution is -2.37. The number of ether oxygens (including phenoxy) is 1. The third kappa shape index (κ3) is 2.30. The fourth-order valence-electron chi connectivity index (χ4n) is 1.49. The summed E-state index contributed by atoms with van der Waals surface area (Å²) < 4.78 is 5.28. The Bertz CT molecular complexity index is 359. The number of aliphatic hydroxyl groups excluding tert-OH is 1. The second kappa shape index (κ2) is 4.21. The van der Waals surface area contributed by atoms with Gasteiger partial charge in [-0.3, -0.25) is 0 Å². The highest BCUT2D eigenvalue weighted by Crippen LogP contribution is 2.30. The highest BCUT2D eigenvalue weighted by Gasteiger charge is 2.24. The number of hydrogen-bond acceptors (Lipinski definition) is 3. The topological polar surface area (TPSA) is 55.5 Å². The summed E-state index contributed by atoms with van der Waals surface area (Å²) >= 11 is 0. The molecule has 0 aliphatic heterocycles. The molecule has 1 aromatic carbocycles. The Balaban J connectivity index is 3.34. The molecule has 84 valence electrons. The summed E-state index contributed by atoms with van der Waals surface area (Å²) in [5, 5.41) is 9.25. The summed E-state index contributed by atoms with van der Waals surface area (Å²) in [5.74, 6) is 0.733. The molecule has 3 heteroatoms. The Hall–Kier alpha value is -1.06. The molecule has 0 heterocycles. The van der Waals surface area contributed by atoms with Gasteiger partial charge in [0.2, 0.25) is 0 Å². The summed E-state index contributed by atoms with van der Waals surface area (Å²) in [4.78, 5) is 0. The van der Waals surface area contributed by atoms with Gasteiger partial charge in [-0.1, -0.05) is 6.07 Å². The monoisotopic (exact) mass is 209 g/mol. The van der Waals surface area contributed by atoms with E-state index in [2.05, 4.69) is 0 Å². The highest BCUT2D eigenvalue weighted by molar-refractivity contribution is 5.45. The molecular weight excluding hydrogens is 190 g/mol. The highest BCUT2D eigenvalue weighted by atomic mass is 16.5. The molecule has 1 aromatic rings. The number of aryl methyl sites for hydroxylation is 2. The molecule has 0 saturated carbocycles. The molecule has 0 bridgehead atoms. The van der Waals surface area contributed by atoms with Crippen molar-refractivity contribution in [2.75, 3.05) is 13.7 Å². The quantitative estimate of drug-likeness (QED) is 0.792. The number of nitrogens with two attached hydrogens (primary N) is 1. The first-order valence-corrected chi connectivity index (χ1v) is 4.98. The molecule has 1 rings (SSSR count). The molecule has 15 heavy (non-hydrogen) atoms. The maximum Gasteiger partial charge on any atom is 0.124 e. The van der Waals surface area contributed by atoms with Crippen molar-refractivity contribution in [3.63, 3.8) is 0 Å². The fraction of sp³-hybridized carbons (Fsp3) is 0.500. The van der Waals surface area contributed by atoms with Crippen LogP contribution >= 0.6 is 0 Å². The number of rotatable bonds is 3. The van der Waals surface area contributed by atoms with Crippen molar-refractivity contribution in [1.29, 1.82) is 0 Å². The van der Waals surface area contributed by atoms with E-state index in [0.29, 0.717) is 0 Å². The first-order chi connectivity index (χ1) is 6.92. The molecule has 0 aliphatic rings. The van der Waals surface area contributed by atoms with Crippen molar-refractivity contribution >= 4 is 0 Å².